The zero-order valence-electron chi connectivity index (χ0n) is 16.4. The van der Waals surface area contributed by atoms with Crippen molar-refractivity contribution in [2.75, 3.05) is 0 Å². The van der Waals surface area contributed by atoms with E-state index in [1.54, 1.807) is 0 Å². The Labute approximate surface area is 184 Å². The molecule has 0 aliphatic carbocycles. The summed E-state index contributed by atoms with van der Waals surface area (Å²) in [6, 6.07) is 25.7. The van der Waals surface area contributed by atoms with Crippen LogP contribution in [-0.4, -0.2) is 0 Å². The maximum atomic E-state index is 3.47. The summed E-state index contributed by atoms with van der Waals surface area (Å²) in [5.74, 6) is 6.86. The summed E-state index contributed by atoms with van der Waals surface area (Å²) in [6.45, 7) is 2.23. The number of aromatic nitrogens is 1. The Hall–Kier alpha value is -2.38. The van der Waals surface area contributed by atoms with E-state index < -0.39 is 0 Å². The average molecular weight is 477 g/mol. The first-order valence-corrected chi connectivity index (χ1v) is 9.68. The normalized spacial score (nSPS) is 10.4. The number of rotatable bonds is 3. The second-order valence-electron chi connectivity index (χ2n) is 7.02. The van der Waals surface area contributed by atoms with Crippen LogP contribution in [0.5, 0.6) is 0 Å². The van der Waals surface area contributed by atoms with Gasteiger partial charge in [-0.3, -0.25) is 0 Å². The second-order valence-corrected chi connectivity index (χ2v) is 7.02. The third kappa shape index (κ3) is 4.05. The van der Waals surface area contributed by atoms with Gasteiger partial charge >= 0.3 is 0 Å². The van der Waals surface area contributed by atoms with Crippen molar-refractivity contribution in [3.8, 4) is 11.8 Å². The summed E-state index contributed by atoms with van der Waals surface area (Å²) in [5.41, 5.74) is 5.97. The topological polar surface area (TPSA) is 3.88 Å². The zero-order valence-corrected chi connectivity index (χ0v) is 18.5. The van der Waals surface area contributed by atoms with Crippen LogP contribution in [0.4, 0.5) is 0 Å². The van der Waals surface area contributed by atoms with Gasteiger partial charge in [0.05, 0.1) is 16.3 Å². The molecule has 0 aliphatic rings. The highest BCUT2D eigenvalue weighted by Gasteiger charge is 2.15. The molecular formula is C26H24IN. The van der Waals surface area contributed by atoms with E-state index in [1.807, 2.05) is 0 Å². The van der Waals surface area contributed by atoms with Gasteiger partial charge < -0.3 is 24.0 Å². The lowest BCUT2D eigenvalue weighted by Crippen LogP contribution is -3.00. The predicted molar refractivity (Wildman–Crippen MR) is 114 cm³/mol. The molecular weight excluding hydrogens is 453 g/mol. The first-order chi connectivity index (χ1) is 13.3. The van der Waals surface area contributed by atoms with Gasteiger partial charge in [0.15, 0.2) is 0 Å². The number of unbranched alkanes of at least 4 members (excludes halogenated alkanes) is 1. The zero-order chi connectivity index (χ0) is 18.6. The van der Waals surface area contributed by atoms with Gasteiger partial charge in [-0.1, -0.05) is 61.6 Å². The summed E-state index contributed by atoms with van der Waals surface area (Å²) in [4.78, 5) is 0. The van der Waals surface area contributed by atoms with Crippen molar-refractivity contribution in [2.24, 2.45) is 7.05 Å². The molecule has 140 valence electrons. The van der Waals surface area contributed by atoms with Gasteiger partial charge in [0, 0.05) is 17.7 Å². The predicted octanol–water partition coefficient (Wildman–Crippen LogP) is 2.56. The summed E-state index contributed by atoms with van der Waals surface area (Å²) in [5, 5.41) is 2.40. The Morgan fingerprint density at radius 3 is 1.89 bits per heavy atom. The fraction of sp³-hybridized carbons (Fsp3) is 0.192. The maximum absolute atomic E-state index is 3.47. The van der Waals surface area contributed by atoms with Gasteiger partial charge in [0.1, 0.15) is 7.05 Å². The molecule has 3 aromatic carbocycles. The maximum Gasteiger partial charge on any atom is 0.214 e. The van der Waals surface area contributed by atoms with Crippen molar-refractivity contribution in [1.82, 2.24) is 0 Å². The standard InChI is InChI=1S/C26H24N.HI/c1-3-4-9-20-14-16-21(17-15-20)18-19-22-23-10-5-7-12-25(23)27(2)26-13-8-6-11-24(22)26;/h5-8,10-17H,3-4,9H2,1-2H3;1H/q+1;/p-1. The van der Waals surface area contributed by atoms with E-state index in [9.17, 15) is 0 Å². The minimum Gasteiger partial charge on any atom is -1.00 e. The quantitative estimate of drug-likeness (QED) is 0.185. The van der Waals surface area contributed by atoms with Crippen LogP contribution in [0.25, 0.3) is 21.8 Å². The lowest BCUT2D eigenvalue weighted by Gasteiger charge is -2.05. The van der Waals surface area contributed by atoms with Crippen molar-refractivity contribution in [1.29, 1.82) is 0 Å². The van der Waals surface area contributed by atoms with Crippen molar-refractivity contribution in [3.05, 3.63) is 89.5 Å². The highest BCUT2D eigenvalue weighted by Crippen LogP contribution is 2.23. The first kappa shape index (κ1) is 20.4. The van der Waals surface area contributed by atoms with E-state index in [4.69, 9.17) is 0 Å². The number of halogens is 1. The largest absolute Gasteiger partial charge is 1.00 e. The van der Waals surface area contributed by atoms with Crippen LogP contribution >= 0.6 is 0 Å². The van der Waals surface area contributed by atoms with Crippen molar-refractivity contribution in [3.63, 3.8) is 0 Å². The molecule has 0 radical (unpaired) electrons. The van der Waals surface area contributed by atoms with Gasteiger partial charge in [-0.2, -0.15) is 4.57 Å². The monoisotopic (exact) mass is 477 g/mol. The van der Waals surface area contributed by atoms with Crippen molar-refractivity contribution in [2.45, 2.75) is 26.2 Å². The molecule has 2 heteroatoms. The SMILES string of the molecule is CCCCc1ccc(C#Cc2c3ccccc3[n+](C)c3ccccc23)cc1.[I-]. The molecule has 4 aromatic rings. The molecule has 4 rings (SSSR count). The van der Waals surface area contributed by atoms with E-state index >= 15 is 0 Å². The average Bonchev–Trinajstić information content (AvgIpc) is 2.73. The van der Waals surface area contributed by atoms with Crippen LogP contribution < -0.4 is 28.5 Å². The van der Waals surface area contributed by atoms with Gasteiger partial charge in [0.2, 0.25) is 11.0 Å². The molecule has 0 fully saturated rings. The van der Waals surface area contributed by atoms with Crippen LogP contribution in [0.15, 0.2) is 72.8 Å². The summed E-state index contributed by atoms with van der Waals surface area (Å²) >= 11 is 0. The number of fused-ring (bicyclic) bond motifs is 2. The minimum absolute atomic E-state index is 0. The first-order valence-electron chi connectivity index (χ1n) is 9.68. The third-order valence-electron chi connectivity index (χ3n) is 5.17. The fourth-order valence-electron chi connectivity index (χ4n) is 3.63. The number of benzene rings is 3. The number of nitrogens with zero attached hydrogens (tertiary/aromatic N) is 1. The highest BCUT2D eigenvalue weighted by atomic mass is 127. The molecule has 0 atom stereocenters. The fourth-order valence-corrected chi connectivity index (χ4v) is 3.63. The Morgan fingerprint density at radius 1 is 0.750 bits per heavy atom. The summed E-state index contributed by atoms with van der Waals surface area (Å²) in [7, 11) is 2.12. The molecule has 0 N–H and O–H groups in total. The molecule has 0 spiro atoms. The lowest BCUT2D eigenvalue weighted by molar-refractivity contribution is -0.617. The number of pyridine rings is 1. The molecule has 0 aliphatic heterocycles. The molecule has 0 amide bonds. The Morgan fingerprint density at radius 2 is 1.32 bits per heavy atom. The van der Waals surface area contributed by atoms with Gasteiger partial charge in [-0.15, -0.1) is 0 Å². The van der Waals surface area contributed by atoms with Gasteiger partial charge in [-0.25, -0.2) is 0 Å². The minimum atomic E-state index is 0. The van der Waals surface area contributed by atoms with Gasteiger partial charge in [-0.05, 0) is 42.7 Å². The molecule has 1 heterocycles. The summed E-state index contributed by atoms with van der Waals surface area (Å²) < 4.78 is 2.25. The lowest BCUT2D eigenvalue weighted by atomic mass is 10.0. The molecule has 1 aromatic heterocycles. The number of hydrogen-bond acceptors (Lipinski definition) is 0. The number of hydrogen-bond donors (Lipinski definition) is 0. The highest BCUT2D eigenvalue weighted by molar-refractivity contribution is 5.97. The van der Waals surface area contributed by atoms with E-state index in [0.717, 1.165) is 17.5 Å². The van der Waals surface area contributed by atoms with Crippen LogP contribution in [-0.2, 0) is 13.5 Å². The van der Waals surface area contributed by atoms with Crippen LogP contribution in [0.1, 0.15) is 36.5 Å². The van der Waals surface area contributed by atoms with E-state index in [0.29, 0.717) is 0 Å². The van der Waals surface area contributed by atoms with Crippen LogP contribution in [0, 0.1) is 11.8 Å². The van der Waals surface area contributed by atoms with E-state index in [1.165, 1.54) is 40.2 Å². The Balaban J connectivity index is 0.00000225. The molecule has 1 nitrogen and oxygen atoms in total. The molecule has 0 saturated heterocycles. The molecule has 0 saturated carbocycles. The molecule has 0 unspecified atom stereocenters. The van der Waals surface area contributed by atoms with Crippen molar-refractivity contribution >= 4 is 21.8 Å². The van der Waals surface area contributed by atoms with E-state index in [-0.39, 0.29) is 24.0 Å². The Kier molecular flexibility index (Phi) is 6.70. The number of aryl methyl sites for hydroxylation is 2. The molecule has 0 bridgehead atoms. The summed E-state index contributed by atoms with van der Waals surface area (Å²) in [6.07, 6.45) is 3.62. The second kappa shape index (κ2) is 9.21. The van der Waals surface area contributed by atoms with Crippen LogP contribution in [0.2, 0.25) is 0 Å². The smallest absolute Gasteiger partial charge is 0.214 e. The number of para-hydroxylation sites is 2. The third-order valence-corrected chi connectivity index (χ3v) is 5.17. The molecule has 28 heavy (non-hydrogen) atoms. The van der Waals surface area contributed by atoms with Crippen molar-refractivity contribution < 1.29 is 28.5 Å². The van der Waals surface area contributed by atoms with E-state index in [2.05, 4.69) is 103 Å². The van der Waals surface area contributed by atoms with Gasteiger partial charge in [0.25, 0.3) is 0 Å². The Bertz CT molecular complexity index is 1110. The van der Waals surface area contributed by atoms with Crippen LogP contribution in [0.3, 0.4) is 0 Å².